The number of oxime groups is 1. The van der Waals surface area contributed by atoms with Crippen LogP contribution < -0.4 is 4.74 Å². The van der Waals surface area contributed by atoms with Gasteiger partial charge in [-0.2, -0.15) is 0 Å². The molecule has 94 valence electrons. The first kappa shape index (κ1) is 14.0. The van der Waals surface area contributed by atoms with E-state index < -0.39 is 0 Å². The normalized spacial score (nSPS) is 11.3. The molecule has 0 aliphatic heterocycles. The van der Waals surface area contributed by atoms with E-state index in [-0.39, 0.29) is 0 Å². The van der Waals surface area contributed by atoms with Gasteiger partial charge in [-0.25, -0.2) is 0 Å². The van der Waals surface area contributed by atoms with Crippen LogP contribution in [0, 0.1) is 0 Å². The minimum Gasteiger partial charge on any atom is -0.493 e. The molecule has 0 aliphatic rings. The van der Waals surface area contributed by atoms with E-state index in [1.807, 2.05) is 32.3 Å². The molecule has 1 rings (SSSR count). The van der Waals surface area contributed by atoms with Gasteiger partial charge in [0.15, 0.2) is 0 Å². The summed E-state index contributed by atoms with van der Waals surface area (Å²) in [4.78, 5) is 2.11. The Morgan fingerprint density at radius 3 is 2.88 bits per heavy atom. The van der Waals surface area contributed by atoms with Crippen LogP contribution in [0.15, 0.2) is 27.8 Å². The van der Waals surface area contributed by atoms with E-state index in [9.17, 15) is 0 Å². The van der Waals surface area contributed by atoms with Crippen LogP contribution in [0.1, 0.15) is 12.0 Å². The topological polar surface area (TPSA) is 45.1 Å². The third kappa shape index (κ3) is 5.19. The quantitative estimate of drug-likeness (QED) is 0.380. The molecule has 1 aromatic rings. The fraction of sp³-hybridized carbons (Fsp3) is 0.417. The van der Waals surface area contributed by atoms with Crippen molar-refractivity contribution in [3.8, 4) is 5.75 Å². The highest BCUT2D eigenvalue weighted by atomic mass is 79.9. The second-order valence-electron chi connectivity index (χ2n) is 3.93. The van der Waals surface area contributed by atoms with Crippen molar-refractivity contribution in [1.82, 2.24) is 4.90 Å². The van der Waals surface area contributed by atoms with Gasteiger partial charge in [0.05, 0.1) is 12.8 Å². The molecule has 0 bridgehead atoms. The summed E-state index contributed by atoms with van der Waals surface area (Å²) < 4.78 is 6.57. The summed E-state index contributed by atoms with van der Waals surface area (Å²) in [7, 11) is 4.06. The van der Waals surface area contributed by atoms with Crippen molar-refractivity contribution in [3.05, 3.63) is 28.2 Å². The standard InChI is InChI=1S/C12H17BrN2O2/c1-15(2)6-3-7-17-12-5-4-11(13)8-10(12)9-14-16/h4-5,8-9,16H,3,6-7H2,1-2H3. The molecule has 0 aromatic heterocycles. The number of nitrogens with zero attached hydrogens (tertiary/aromatic N) is 2. The van der Waals surface area contributed by atoms with Gasteiger partial charge in [0.1, 0.15) is 5.75 Å². The first-order valence-electron chi connectivity index (χ1n) is 5.38. The molecule has 0 saturated heterocycles. The summed E-state index contributed by atoms with van der Waals surface area (Å²) in [5.74, 6) is 0.727. The average molecular weight is 301 g/mol. The van der Waals surface area contributed by atoms with Crippen LogP contribution in [-0.4, -0.2) is 43.6 Å². The van der Waals surface area contributed by atoms with Gasteiger partial charge in [-0.15, -0.1) is 0 Å². The molecule has 0 heterocycles. The van der Waals surface area contributed by atoms with Crippen LogP contribution in [0.25, 0.3) is 0 Å². The summed E-state index contributed by atoms with van der Waals surface area (Å²) in [5, 5.41) is 11.6. The molecular weight excluding hydrogens is 284 g/mol. The molecule has 1 N–H and O–H groups in total. The Hall–Kier alpha value is -1.07. The lowest BCUT2D eigenvalue weighted by Crippen LogP contribution is -2.15. The monoisotopic (exact) mass is 300 g/mol. The smallest absolute Gasteiger partial charge is 0.128 e. The number of hydrogen-bond donors (Lipinski definition) is 1. The second-order valence-corrected chi connectivity index (χ2v) is 4.85. The zero-order valence-corrected chi connectivity index (χ0v) is 11.6. The van der Waals surface area contributed by atoms with Gasteiger partial charge < -0.3 is 14.8 Å². The number of benzene rings is 1. The molecule has 0 spiro atoms. The average Bonchev–Trinajstić information content (AvgIpc) is 2.27. The lowest BCUT2D eigenvalue weighted by atomic mass is 10.2. The Kier molecular flexibility index (Phi) is 6.00. The number of halogens is 1. The van der Waals surface area contributed by atoms with Crippen LogP contribution in [0.3, 0.4) is 0 Å². The van der Waals surface area contributed by atoms with Crippen molar-refractivity contribution in [3.63, 3.8) is 0 Å². The lowest BCUT2D eigenvalue weighted by Gasteiger charge is -2.11. The van der Waals surface area contributed by atoms with Crippen LogP contribution in [0.2, 0.25) is 0 Å². The van der Waals surface area contributed by atoms with Gasteiger partial charge in [-0.3, -0.25) is 0 Å². The van der Waals surface area contributed by atoms with E-state index in [2.05, 4.69) is 26.0 Å². The maximum Gasteiger partial charge on any atom is 0.128 e. The van der Waals surface area contributed by atoms with Crippen molar-refractivity contribution in [1.29, 1.82) is 0 Å². The maximum absolute atomic E-state index is 8.57. The van der Waals surface area contributed by atoms with Crippen molar-refractivity contribution < 1.29 is 9.94 Å². The minimum absolute atomic E-state index is 0.645. The highest BCUT2D eigenvalue weighted by molar-refractivity contribution is 9.10. The molecule has 0 unspecified atom stereocenters. The van der Waals surface area contributed by atoms with Crippen LogP contribution in [0.5, 0.6) is 5.75 Å². The first-order chi connectivity index (χ1) is 8.13. The molecule has 0 amide bonds. The molecule has 5 heteroatoms. The molecule has 0 aliphatic carbocycles. The van der Waals surface area contributed by atoms with Crippen LogP contribution >= 0.6 is 15.9 Å². The Morgan fingerprint density at radius 1 is 1.47 bits per heavy atom. The highest BCUT2D eigenvalue weighted by Gasteiger charge is 2.03. The minimum atomic E-state index is 0.645. The largest absolute Gasteiger partial charge is 0.493 e. The Bertz CT molecular complexity index is 381. The molecule has 4 nitrogen and oxygen atoms in total. The summed E-state index contributed by atoms with van der Waals surface area (Å²) in [6.45, 7) is 1.63. The van der Waals surface area contributed by atoms with Crippen LogP contribution in [-0.2, 0) is 0 Å². The van der Waals surface area contributed by atoms with E-state index in [0.717, 1.165) is 28.8 Å². The molecule has 17 heavy (non-hydrogen) atoms. The van der Waals surface area contributed by atoms with E-state index in [0.29, 0.717) is 6.61 Å². The van der Waals surface area contributed by atoms with Crippen molar-refractivity contribution in [2.75, 3.05) is 27.2 Å². The van der Waals surface area contributed by atoms with Gasteiger partial charge in [-0.1, -0.05) is 21.1 Å². The van der Waals surface area contributed by atoms with E-state index in [1.165, 1.54) is 6.21 Å². The van der Waals surface area contributed by atoms with Crippen molar-refractivity contribution >= 4 is 22.1 Å². The van der Waals surface area contributed by atoms with E-state index in [1.54, 1.807) is 0 Å². The van der Waals surface area contributed by atoms with E-state index >= 15 is 0 Å². The summed E-state index contributed by atoms with van der Waals surface area (Å²) in [6, 6.07) is 5.60. The van der Waals surface area contributed by atoms with E-state index in [4.69, 9.17) is 9.94 Å². The molecule has 1 aromatic carbocycles. The number of hydrogen-bond acceptors (Lipinski definition) is 4. The molecule has 0 fully saturated rings. The predicted octanol–water partition coefficient (Wildman–Crippen LogP) is 2.59. The van der Waals surface area contributed by atoms with Gasteiger partial charge in [0.2, 0.25) is 0 Å². The SMILES string of the molecule is CN(C)CCCOc1ccc(Br)cc1C=NO. The fourth-order valence-electron chi connectivity index (χ4n) is 1.38. The number of ether oxygens (including phenoxy) is 1. The third-order valence-electron chi connectivity index (χ3n) is 2.18. The third-order valence-corrected chi connectivity index (χ3v) is 2.67. The van der Waals surface area contributed by atoms with Gasteiger partial charge >= 0.3 is 0 Å². The fourth-order valence-corrected chi connectivity index (χ4v) is 1.76. The molecule has 0 atom stereocenters. The second kappa shape index (κ2) is 7.29. The Balaban J connectivity index is 2.57. The Morgan fingerprint density at radius 2 is 2.24 bits per heavy atom. The Labute approximate surface area is 110 Å². The van der Waals surface area contributed by atoms with Crippen molar-refractivity contribution in [2.24, 2.45) is 5.16 Å². The molecular formula is C12H17BrN2O2. The predicted molar refractivity (Wildman–Crippen MR) is 72.2 cm³/mol. The summed E-state index contributed by atoms with van der Waals surface area (Å²) in [6.07, 6.45) is 2.32. The molecule has 0 saturated carbocycles. The summed E-state index contributed by atoms with van der Waals surface area (Å²) in [5.41, 5.74) is 0.756. The highest BCUT2D eigenvalue weighted by Crippen LogP contribution is 2.21. The summed E-state index contributed by atoms with van der Waals surface area (Å²) >= 11 is 3.36. The van der Waals surface area contributed by atoms with Gasteiger partial charge in [0, 0.05) is 16.6 Å². The number of rotatable bonds is 6. The lowest BCUT2D eigenvalue weighted by molar-refractivity contribution is 0.281. The zero-order chi connectivity index (χ0) is 12.7. The first-order valence-corrected chi connectivity index (χ1v) is 6.17. The molecule has 0 radical (unpaired) electrons. The van der Waals surface area contributed by atoms with Gasteiger partial charge in [0.25, 0.3) is 0 Å². The zero-order valence-electron chi connectivity index (χ0n) is 10.1. The van der Waals surface area contributed by atoms with Crippen molar-refractivity contribution in [2.45, 2.75) is 6.42 Å². The van der Waals surface area contributed by atoms with Crippen LogP contribution in [0.4, 0.5) is 0 Å². The van der Waals surface area contributed by atoms with Gasteiger partial charge in [-0.05, 0) is 38.7 Å². The maximum atomic E-state index is 8.57.